The van der Waals surface area contributed by atoms with Gasteiger partial charge in [-0.1, -0.05) is 42.1 Å². The van der Waals surface area contributed by atoms with Crippen molar-refractivity contribution in [2.45, 2.75) is 29.3 Å². The highest BCUT2D eigenvalue weighted by Gasteiger charge is 2.30. The van der Waals surface area contributed by atoms with Gasteiger partial charge in [0.15, 0.2) is 5.16 Å². The van der Waals surface area contributed by atoms with Crippen molar-refractivity contribution in [3.05, 3.63) is 72.3 Å². The van der Waals surface area contributed by atoms with Crippen LogP contribution in [-0.2, 0) is 4.79 Å². The average Bonchev–Trinajstić information content (AvgIpc) is 3.35. The summed E-state index contributed by atoms with van der Waals surface area (Å²) in [5.41, 5.74) is 1.65. The van der Waals surface area contributed by atoms with Gasteiger partial charge in [-0.3, -0.25) is 9.36 Å². The number of benzene rings is 2. The highest BCUT2D eigenvalue weighted by atomic mass is 32.2. The first-order valence-corrected chi connectivity index (χ1v) is 9.26. The van der Waals surface area contributed by atoms with E-state index in [1.54, 1.807) is 18.5 Å². The van der Waals surface area contributed by atoms with E-state index in [0.29, 0.717) is 5.16 Å². The maximum Gasteiger partial charge on any atom is 0.238 e. The van der Waals surface area contributed by atoms with Gasteiger partial charge < -0.3 is 5.32 Å². The lowest BCUT2D eigenvalue weighted by atomic mass is 10.1. The minimum absolute atomic E-state index is 0.0910. The molecule has 3 aromatic rings. The lowest BCUT2D eigenvalue weighted by Crippen LogP contribution is -2.30. The van der Waals surface area contributed by atoms with E-state index in [0.717, 1.165) is 24.1 Å². The van der Waals surface area contributed by atoms with Gasteiger partial charge in [-0.15, -0.1) is 10.2 Å². The molecule has 1 aliphatic carbocycles. The van der Waals surface area contributed by atoms with Crippen LogP contribution < -0.4 is 5.32 Å². The lowest BCUT2D eigenvalue weighted by Gasteiger charge is -2.17. The molecule has 1 fully saturated rings. The molecule has 0 radical (unpaired) electrons. The standard InChI is InChI=1S/C19H17FN4OS/c20-14-8-6-13(7-9-14)17(18(25)22-15-10-11-15)26-19-23-21-12-24(19)16-4-2-1-3-5-16/h1-9,12,15,17H,10-11H2,(H,22,25)/t17-/m0/s1. The van der Waals surface area contributed by atoms with Crippen LogP contribution in [0.2, 0.25) is 0 Å². The van der Waals surface area contributed by atoms with Crippen LogP contribution in [-0.4, -0.2) is 26.7 Å². The highest BCUT2D eigenvalue weighted by molar-refractivity contribution is 8.00. The zero-order chi connectivity index (χ0) is 17.9. The molecule has 1 amide bonds. The second-order valence-corrected chi connectivity index (χ2v) is 7.22. The molecule has 26 heavy (non-hydrogen) atoms. The van der Waals surface area contributed by atoms with E-state index in [4.69, 9.17) is 0 Å². The van der Waals surface area contributed by atoms with Gasteiger partial charge in [-0.25, -0.2) is 4.39 Å². The second-order valence-electron chi connectivity index (χ2n) is 6.15. The highest BCUT2D eigenvalue weighted by Crippen LogP contribution is 2.36. The summed E-state index contributed by atoms with van der Waals surface area (Å²) in [5.74, 6) is -0.417. The van der Waals surface area contributed by atoms with Crippen molar-refractivity contribution in [2.75, 3.05) is 0 Å². The van der Waals surface area contributed by atoms with Crippen LogP contribution >= 0.6 is 11.8 Å². The molecule has 1 aromatic heterocycles. The zero-order valence-electron chi connectivity index (χ0n) is 13.9. The van der Waals surface area contributed by atoms with Crippen molar-refractivity contribution >= 4 is 17.7 Å². The van der Waals surface area contributed by atoms with Gasteiger partial charge in [0.25, 0.3) is 0 Å². The predicted molar refractivity (Wildman–Crippen MR) is 97.5 cm³/mol. The maximum absolute atomic E-state index is 13.3. The second kappa shape index (κ2) is 7.29. The summed E-state index contributed by atoms with van der Waals surface area (Å²) < 4.78 is 15.1. The minimum Gasteiger partial charge on any atom is -0.352 e. The molecule has 7 heteroatoms. The molecule has 132 valence electrons. The Hall–Kier alpha value is -2.67. The Labute approximate surface area is 154 Å². The van der Waals surface area contributed by atoms with E-state index in [1.165, 1.54) is 23.9 Å². The molecule has 0 aliphatic heterocycles. The van der Waals surface area contributed by atoms with Crippen molar-refractivity contribution < 1.29 is 9.18 Å². The van der Waals surface area contributed by atoms with Crippen LogP contribution in [0, 0.1) is 5.82 Å². The molecule has 0 spiro atoms. The fraction of sp³-hybridized carbons (Fsp3) is 0.211. The Morgan fingerprint density at radius 3 is 2.58 bits per heavy atom. The van der Waals surface area contributed by atoms with Crippen LogP contribution in [0.15, 0.2) is 66.1 Å². The van der Waals surface area contributed by atoms with Crippen molar-refractivity contribution in [1.82, 2.24) is 20.1 Å². The molecule has 0 bridgehead atoms. The first-order chi connectivity index (χ1) is 12.7. The summed E-state index contributed by atoms with van der Waals surface area (Å²) >= 11 is 1.31. The zero-order valence-corrected chi connectivity index (χ0v) is 14.7. The van der Waals surface area contributed by atoms with Gasteiger partial charge in [0.1, 0.15) is 17.4 Å². The van der Waals surface area contributed by atoms with E-state index in [9.17, 15) is 9.18 Å². The SMILES string of the molecule is O=C(NC1CC1)[C@@H](Sc1nncn1-c1ccccc1)c1ccc(F)cc1. The Morgan fingerprint density at radius 2 is 1.88 bits per heavy atom. The van der Waals surface area contributed by atoms with Crippen molar-refractivity contribution in [3.63, 3.8) is 0 Å². The van der Waals surface area contributed by atoms with Gasteiger partial charge in [0.2, 0.25) is 5.91 Å². The van der Waals surface area contributed by atoms with Gasteiger partial charge >= 0.3 is 0 Å². The summed E-state index contributed by atoms with van der Waals surface area (Å²) in [7, 11) is 0. The van der Waals surface area contributed by atoms with Gasteiger partial charge in [-0.05, 0) is 42.7 Å². The van der Waals surface area contributed by atoms with E-state index in [2.05, 4.69) is 15.5 Å². The van der Waals surface area contributed by atoms with E-state index >= 15 is 0 Å². The quantitative estimate of drug-likeness (QED) is 0.677. The predicted octanol–water partition coefficient (Wildman–Crippen LogP) is 3.52. The molecule has 1 heterocycles. The van der Waals surface area contributed by atoms with Gasteiger partial charge in [-0.2, -0.15) is 0 Å². The monoisotopic (exact) mass is 368 g/mol. The molecule has 0 unspecified atom stereocenters. The van der Waals surface area contributed by atoms with Gasteiger partial charge in [0.05, 0.1) is 0 Å². The fourth-order valence-electron chi connectivity index (χ4n) is 2.59. The van der Waals surface area contributed by atoms with Crippen molar-refractivity contribution in [1.29, 1.82) is 0 Å². The molecular formula is C19H17FN4OS. The summed E-state index contributed by atoms with van der Waals surface area (Å²) in [6, 6.07) is 16.0. The number of thioether (sulfide) groups is 1. The number of carbonyl (C=O) groups is 1. The summed E-state index contributed by atoms with van der Waals surface area (Å²) in [6.07, 6.45) is 3.64. The molecule has 1 atom stereocenters. The third-order valence-corrected chi connectivity index (χ3v) is 5.32. The number of aromatic nitrogens is 3. The first kappa shape index (κ1) is 16.8. The topological polar surface area (TPSA) is 59.8 Å². The van der Waals surface area contributed by atoms with Crippen molar-refractivity contribution in [2.24, 2.45) is 0 Å². The molecular weight excluding hydrogens is 351 g/mol. The summed E-state index contributed by atoms with van der Waals surface area (Å²) in [5, 5.41) is 11.3. The van der Waals surface area contributed by atoms with Crippen LogP contribution in [0.25, 0.3) is 5.69 Å². The largest absolute Gasteiger partial charge is 0.352 e. The number of para-hydroxylation sites is 1. The molecule has 0 saturated heterocycles. The van der Waals surface area contributed by atoms with E-state index < -0.39 is 5.25 Å². The third-order valence-electron chi connectivity index (χ3n) is 4.11. The molecule has 1 N–H and O–H groups in total. The third kappa shape index (κ3) is 3.77. The normalized spacial score (nSPS) is 14.8. The number of amides is 1. The number of halogens is 1. The van der Waals surface area contributed by atoms with Gasteiger partial charge in [0, 0.05) is 11.7 Å². The molecule has 4 rings (SSSR count). The van der Waals surface area contributed by atoms with Crippen molar-refractivity contribution in [3.8, 4) is 5.69 Å². The van der Waals surface area contributed by atoms with Crippen LogP contribution in [0.3, 0.4) is 0 Å². The molecule has 1 saturated carbocycles. The molecule has 1 aliphatic rings. The minimum atomic E-state index is -0.525. The number of hydrogen-bond acceptors (Lipinski definition) is 4. The smallest absolute Gasteiger partial charge is 0.238 e. The Bertz CT molecular complexity index is 893. The van der Waals surface area contributed by atoms with Crippen LogP contribution in [0.1, 0.15) is 23.7 Å². The van der Waals surface area contributed by atoms with E-state index in [1.807, 2.05) is 34.9 Å². The number of rotatable bonds is 6. The summed E-state index contributed by atoms with van der Waals surface area (Å²) in [6.45, 7) is 0. The Morgan fingerprint density at radius 1 is 1.15 bits per heavy atom. The van der Waals surface area contributed by atoms with Crippen LogP contribution in [0.4, 0.5) is 4.39 Å². The number of carbonyl (C=O) groups excluding carboxylic acids is 1. The lowest BCUT2D eigenvalue weighted by molar-refractivity contribution is -0.120. The number of nitrogens with one attached hydrogen (secondary N) is 1. The van der Waals surface area contributed by atoms with Crippen LogP contribution in [0.5, 0.6) is 0 Å². The average molecular weight is 368 g/mol. The fourth-order valence-corrected chi connectivity index (χ4v) is 3.63. The number of nitrogens with zero attached hydrogens (tertiary/aromatic N) is 3. The Kier molecular flexibility index (Phi) is 4.71. The van der Waals surface area contributed by atoms with E-state index in [-0.39, 0.29) is 17.8 Å². The molecule has 5 nitrogen and oxygen atoms in total. The Balaban J connectivity index is 1.64. The maximum atomic E-state index is 13.3. The first-order valence-electron chi connectivity index (χ1n) is 8.38. The molecule has 2 aromatic carbocycles. The number of hydrogen-bond donors (Lipinski definition) is 1. The summed E-state index contributed by atoms with van der Waals surface area (Å²) in [4.78, 5) is 12.8.